The average molecular weight is 787 g/mol. The molecule has 0 radical (unpaired) electrons. The Morgan fingerprint density at radius 2 is 0.793 bits per heavy atom. The van der Waals surface area contributed by atoms with Crippen molar-refractivity contribution in [3.8, 4) is 0 Å². The molecule has 0 aromatic heterocycles. The zero-order valence-corrected chi connectivity index (χ0v) is 32.5. The Labute approximate surface area is 339 Å². The Kier molecular flexibility index (Phi) is 12.4. The molecule has 0 amide bonds. The summed E-state index contributed by atoms with van der Waals surface area (Å²) in [6, 6.07) is 48.5. The first-order valence-corrected chi connectivity index (χ1v) is 20.1. The molecule has 0 aliphatic carbocycles. The van der Waals surface area contributed by atoms with Gasteiger partial charge < -0.3 is 47.4 Å². The molecule has 3 fully saturated rings. The third kappa shape index (κ3) is 8.97. The van der Waals surface area contributed by atoms with Gasteiger partial charge in [-0.3, -0.25) is 0 Å². The lowest BCUT2D eigenvalue weighted by Gasteiger charge is -2.46. The van der Waals surface area contributed by atoms with Crippen molar-refractivity contribution < 1.29 is 47.4 Å². The SMILES string of the molecule is c1ccc(CO[C@@H]2[C@H]3COCc4cccc(c4)COC[C@H]4O[C@]5(CO[C@](CO5)(O3)[C@H]2OCc2ccccc2)[C@@H](OCc2ccccc2)[C@@H]4OCc2ccccc2)cc1. The summed E-state index contributed by atoms with van der Waals surface area (Å²) in [5, 5.41) is 0. The molecule has 8 atom stereocenters. The lowest BCUT2D eigenvalue weighted by Crippen LogP contribution is -2.63. The van der Waals surface area contributed by atoms with Crippen molar-refractivity contribution in [3.05, 3.63) is 179 Å². The van der Waals surface area contributed by atoms with Crippen molar-refractivity contribution in [1.29, 1.82) is 0 Å². The van der Waals surface area contributed by atoms with E-state index >= 15 is 0 Å². The van der Waals surface area contributed by atoms with Gasteiger partial charge in [-0.2, -0.15) is 0 Å². The topological polar surface area (TPSA) is 92.3 Å². The fourth-order valence-corrected chi connectivity index (χ4v) is 8.20. The Bertz CT molecular complexity index is 1870. The van der Waals surface area contributed by atoms with Crippen LogP contribution in [0.5, 0.6) is 0 Å². The third-order valence-electron chi connectivity index (χ3n) is 11.1. The summed E-state index contributed by atoms with van der Waals surface area (Å²) >= 11 is 0. The zero-order chi connectivity index (χ0) is 39.0. The first kappa shape index (κ1) is 39.2. The zero-order valence-electron chi connectivity index (χ0n) is 32.5. The van der Waals surface area contributed by atoms with Gasteiger partial charge in [0.15, 0.2) is 0 Å². The van der Waals surface area contributed by atoms with Crippen LogP contribution in [0, 0.1) is 0 Å². The summed E-state index contributed by atoms with van der Waals surface area (Å²) in [5.74, 6) is -2.71. The summed E-state index contributed by atoms with van der Waals surface area (Å²) < 4.78 is 67.7. The first-order chi connectivity index (χ1) is 28.6. The molecule has 5 aliphatic heterocycles. The highest BCUT2D eigenvalue weighted by atomic mass is 16.8. The second kappa shape index (κ2) is 18.3. The normalized spacial score (nSPS) is 29.6. The highest BCUT2D eigenvalue weighted by Crippen LogP contribution is 2.47. The molecule has 10 rings (SSSR count). The maximum atomic E-state index is 6.97. The Balaban J connectivity index is 1.06. The van der Waals surface area contributed by atoms with Gasteiger partial charge in [-0.1, -0.05) is 146 Å². The van der Waals surface area contributed by atoms with E-state index in [4.69, 9.17) is 47.4 Å². The van der Waals surface area contributed by atoms with Crippen LogP contribution in [-0.2, 0) is 87.0 Å². The molecule has 58 heavy (non-hydrogen) atoms. The van der Waals surface area contributed by atoms with Crippen LogP contribution in [-0.4, -0.2) is 74.6 Å². The molecular weight excluding hydrogens is 737 g/mol. The minimum absolute atomic E-state index is 0.0287. The van der Waals surface area contributed by atoms with Gasteiger partial charge in [-0.15, -0.1) is 0 Å². The second-order valence-electron chi connectivity index (χ2n) is 15.3. The van der Waals surface area contributed by atoms with E-state index in [1.54, 1.807) is 0 Å². The highest BCUT2D eigenvalue weighted by molar-refractivity contribution is 5.23. The smallest absolute Gasteiger partial charge is 0.222 e. The molecule has 3 saturated heterocycles. The molecule has 302 valence electrons. The number of fused-ring (bicyclic) bond motifs is 6. The average Bonchev–Trinajstić information content (AvgIpc) is 3.72. The Hall–Kier alpha value is -4.30. The van der Waals surface area contributed by atoms with E-state index in [1.807, 2.05) is 140 Å². The van der Waals surface area contributed by atoms with Crippen molar-refractivity contribution in [3.63, 3.8) is 0 Å². The summed E-state index contributed by atoms with van der Waals surface area (Å²) in [6.07, 6.45) is -3.62. The lowest BCUT2D eigenvalue weighted by molar-refractivity contribution is -0.406. The fraction of sp³-hybridized carbons (Fsp3) is 0.375. The molecule has 0 unspecified atom stereocenters. The van der Waals surface area contributed by atoms with Gasteiger partial charge in [0.25, 0.3) is 0 Å². The minimum Gasteiger partial charge on any atom is -0.374 e. The summed E-state index contributed by atoms with van der Waals surface area (Å²) in [7, 11) is 0. The summed E-state index contributed by atoms with van der Waals surface area (Å²) in [4.78, 5) is 0. The monoisotopic (exact) mass is 786 g/mol. The predicted octanol–water partition coefficient (Wildman–Crippen LogP) is 7.31. The Morgan fingerprint density at radius 1 is 0.431 bits per heavy atom. The van der Waals surface area contributed by atoms with Gasteiger partial charge in [0.1, 0.15) is 49.8 Å². The van der Waals surface area contributed by atoms with Crippen molar-refractivity contribution in [2.24, 2.45) is 0 Å². The van der Waals surface area contributed by atoms with E-state index in [2.05, 4.69) is 6.07 Å². The highest BCUT2D eigenvalue weighted by Gasteiger charge is 2.67. The van der Waals surface area contributed by atoms with Crippen molar-refractivity contribution in [2.75, 3.05) is 26.4 Å². The summed E-state index contributed by atoms with van der Waals surface area (Å²) in [5.41, 5.74) is 6.12. The van der Waals surface area contributed by atoms with Gasteiger partial charge in [0.2, 0.25) is 11.6 Å². The molecule has 2 spiro atoms. The van der Waals surface area contributed by atoms with E-state index in [-0.39, 0.29) is 26.4 Å². The number of ether oxygens (including phenoxy) is 10. The minimum atomic E-state index is -1.36. The van der Waals surface area contributed by atoms with Crippen LogP contribution in [0.25, 0.3) is 0 Å². The molecular formula is C48H50O10. The molecule has 6 bridgehead atoms. The molecule has 10 heteroatoms. The van der Waals surface area contributed by atoms with Gasteiger partial charge in [-0.25, -0.2) is 0 Å². The first-order valence-electron chi connectivity index (χ1n) is 20.1. The number of hydrogen-bond donors (Lipinski definition) is 0. The van der Waals surface area contributed by atoms with E-state index in [0.717, 1.165) is 33.4 Å². The number of benzene rings is 5. The Morgan fingerprint density at radius 3 is 1.16 bits per heavy atom. The van der Waals surface area contributed by atoms with E-state index in [1.165, 1.54) is 0 Å². The van der Waals surface area contributed by atoms with Crippen LogP contribution >= 0.6 is 0 Å². The molecule has 0 N–H and O–H groups in total. The van der Waals surface area contributed by atoms with Crippen LogP contribution in [0.15, 0.2) is 146 Å². The largest absolute Gasteiger partial charge is 0.374 e. The number of rotatable bonds is 12. The van der Waals surface area contributed by atoms with Crippen molar-refractivity contribution >= 4 is 0 Å². The number of hydrogen-bond acceptors (Lipinski definition) is 10. The predicted molar refractivity (Wildman–Crippen MR) is 213 cm³/mol. The van der Waals surface area contributed by atoms with Crippen molar-refractivity contribution in [2.45, 2.75) is 87.8 Å². The summed E-state index contributed by atoms with van der Waals surface area (Å²) in [6.45, 7) is 2.48. The lowest BCUT2D eigenvalue weighted by atomic mass is 10.0. The van der Waals surface area contributed by atoms with Gasteiger partial charge >= 0.3 is 0 Å². The van der Waals surface area contributed by atoms with Gasteiger partial charge in [-0.05, 0) is 33.4 Å². The van der Waals surface area contributed by atoms with E-state index in [9.17, 15) is 0 Å². The van der Waals surface area contributed by atoms with Crippen LogP contribution in [0.4, 0.5) is 0 Å². The molecule has 5 aromatic rings. The molecule has 10 nitrogen and oxygen atoms in total. The molecule has 0 saturated carbocycles. The molecule has 5 aliphatic rings. The van der Waals surface area contributed by atoms with Crippen LogP contribution in [0.2, 0.25) is 0 Å². The standard InChI is InChI=1S/C48H50O10/c1-5-14-35(15-6-1)27-51-43-41-31-49-25-39-22-13-23-40(24-39)26-50-32-42-44(52-28-36-16-7-2-8-17-36)46(54-30-38-20-11-4-12-21-38)48(58-42)34-55-47(57-41,33-56-48)45(43)53-29-37-18-9-3-10-19-37/h1-24,41-46H,25-34H2/t41-,42-,43-,44-,45+,46+,47-,48-/m1/s1. The maximum Gasteiger partial charge on any atom is 0.222 e. The van der Waals surface area contributed by atoms with Crippen LogP contribution < -0.4 is 0 Å². The van der Waals surface area contributed by atoms with E-state index < -0.39 is 48.2 Å². The second-order valence-corrected chi connectivity index (χ2v) is 15.3. The van der Waals surface area contributed by atoms with Crippen LogP contribution in [0.3, 0.4) is 0 Å². The van der Waals surface area contributed by atoms with Crippen LogP contribution in [0.1, 0.15) is 33.4 Å². The van der Waals surface area contributed by atoms with Gasteiger partial charge in [0, 0.05) is 0 Å². The molecule has 5 aromatic carbocycles. The third-order valence-corrected chi connectivity index (χ3v) is 11.1. The van der Waals surface area contributed by atoms with Gasteiger partial charge in [0.05, 0.1) is 52.9 Å². The molecule has 5 heterocycles. The fourth-order valence-electron chi connectivity index (χ4n) is 8.20. The van der Waals surface area contributed by atoms with E-state index in [0.29, 0.717) is 39.6 Å². The maximum absolute atomic E-state index is 6.97. The van der Waals surface area contributed by atoms with Crippen molar-refractivity contribution in [1.82, 2.24) is 0 Å². The quantitative estimate of drug-likeness (QED) is 0.128.